The van der Waals surface area contributed by atoms with Gasteiger partial charge in [0.15, 0.2) is 17.2 Å². The monoisotopic (exact) mass is 513 g/mol. The van der Waals surface area contributed by atoms with Crippen molar-refractivity contribution >= 4 is 0 Å². The summed E-state index contributed by atoms with van der Waals surface area (Å²) in [5.41, 5.74) is 5.45. The Hall–Kier alpha value is -3.93. The van der Waals surface area contributed by atoms with Crippen LogP contribution in [0.3, 0.4) is 0 Å². The molecular weight excluding hydrogens is 474 g/mol. The van der Waals surface area contributed by atoms with Gasteiger partial charge >= 0.3 is 0 Å². The summed E-state index contributed by atoms with van der Waals surface area (Å²) in [7, 11) is 1.59. The predicted octanol–water partition coefficient (Wildman–Crippen LogP) is 7.98. The highest BCUT2D eigenvalue weighted by Gasteiger charge is 2.18. The first-order valence-electron chi connectivity index (χ1n) is 13.5. The van der Waals surface area contributed by atoms with Crippen LogP contribution in [0.5, 0.6) is 23.0 Å². The van der Waals surface area contributed by atoms with E-state index in [-0.39, 0.29) is 5.75 Å². The van der Waals surface area contributed by atoms with Crippen molar-refractivity contribution < 1.29 is 14.6 Å². The maximum Gasteiger partial charge on any atom is 0.172 e. The van der Waals surface area contributed by atoms with Crippen LogP contribution < -0.4 is 9.47 Å². The number of phenolic OH excluding ortho intramolecular Hbond substituents is 1. The van der Waals surface area contributed by atoms with Gasteiger partial charge in [-0.2, -0.15) is 0 Å². The number of aromatic hydroxyl groups is 1. The molecule has 4 rings (SSSR count). The molecular formula is C32H39N3O3. The summed E-state index contributed by atoms with van der Waals surface area (Å²) in [6.07, 6.45) is 9.27. The lowest BCUT2D eigenvalue weighted by molar-refractivity contribution is 0.405. The smallest absolute Gasteiger partial charge is 0.172 e. The van der Waals surface area contributed by atoms with Crippen LogP contribution >= 0.6 is 0 Å². The number of hydrogen-bond donors (Lipinski definition) is 1. The van der Waals surface area contributed by atoms with Crippen LogP contribution in [0, 0.1) is 0 Å². The van der Waals surface area contributed by atoms with E-state index in [1.54, 1.807) is 13.3 Å². The van der Waals surface area contributed by atoms with Crippen LogP contribution in [-0.2, 0) is 19.3 Å². The second-order valence-corrected chi connectivity index (χ2v) is 8.99. The van der Waals surface area contributed by atoms with Crippen molar-refractivity contribution in [3.63, 3.8) is 0 Å². The summed E-state index contributed by atoms with van der Waals surface area (Å²) >= 11 is 0. The molecule has 3 aromatic carbocycles. The molecule has 6 heteroatoms. The van der Waals surface area contributed by atoms with Crippen LogP contribution in [0.15, 0.2) is 72.9 Å². The van der Waals surface area contributed by atoms with E-state index in [2.05, 4.69) is 36.2 Å². The van der Waals surface area contributed by atoms with Crippen molar-refractivity contribution in [3.05, 3.63) is 89.6 Å². The number of ether oxygens (including phenoxy) is 2. The highest BCUT2D eigenvalue weighted by molar-refractivity contribution is 5.64. The third-order valence-corrected chi connectivity index (χ3v) is 6.42. The number of unbranched alkanes of at least 4 members (excludes halogenated alkanes) is 3. The number of methoxy groups -OCH3 is 1. The topological polar surface area (TPSA) is 77.4 Å². The Kier molecular flexibility index (Phi) is 11.6. The van der Waals surface area contributed by atoms with Gasteiger partial charge in [0, 0.05) is 11.1 Å². The first kappa shape index (κ1) is 28.6. The molecule has 0 saturated heterocycles. The van der Waals surface area contributed by atoms with E-state index < -0.39 is 0 Å². The van der Waals surface area contributed by atoms with Crippen LogP contribution in [0.2, 0.25) is 0 Å². The van der Waals surface area contributed by atoms with Crippen LogP contribution in [0.4, 0.5) is 0 Å². The van der Waals surface area contributed by atoms with Crippen LogP contribution in [0.25, 0.3) is 11.3 Å². The van der Waals surface area contributed by atoms with Gasteiger partial charge in [0.2, 0.25) is 0 Å². The quantitative estimate of drug-likeness (QED) is 0.205. The minimum absolute atomic E-state index is 0.262. The lowest BCUT2D eigenvalue weighted by Crippen LogP contribution is -2.03. The lowest BCUT2D eigenvalue weighted by Gasteiger charge is -2.19. The van der Waals surface area contributed by atoms with Gasteiger partial charge < -0.3 is 14.6 Å². The largest absolute Gasteiger partial charge is 0.504 e. The predicted molar refractivity (Wildman–Crippen MR) is 153 cm³/mol. The van der Waals surface area contributed by atoms with Crippen molar-refractivity contribution in [3.8, 4) is 34.3 Å². The van der Waals surface area contributed by atoms with E-state index in [0.29, 0.717) is 17.2 Å². The van der Waals surface area contributed by atoms with Crippen LogP contribution in [-0.4, -0.2) is 27.6 Å². The average molecular weight is 514 g/mol. The molecule has 1 heterocycles. The van der Waals surface area contributed by atoms with Crippen LogP contribution in [0.1, 0.15) is 63.1 Å². The van der Waals surface area contributed by atoms with Gasteiger partial charge in [-0.25, -0.2) is 0 Å². The van der Waals surface area contributed by atoms with Gasteiger partial charge in [0.05, 0.1) is 13.3 Å². The molecule has 38 heavy (non-hydrogen) atoms. The summed E-state index contributed by atoms with van der Waals surface area (Å²) in [6, 6.07) is 21.3. The van der Waals surface area contributed by atoms with E-state index in [1.807, 2.05) is 66.7 Å². The Bertz CT molecular complexity index is 1250. The fourth-order valence-electron chi connectivity index (χ4n) is 4.48. The minimum atomic E-state index is 0.262. The zero-order chi connectivity index (χ0) is 27.2. The fourth-order valence-corrected chi connectivity index (χ4v) is 4.48. The first-order valence-corrected chi connectivity index (χ1v) is 13.5. The summed E-state index contributed by atoms with van der Waals surface area (Å²) < 4.78 is 11.2. The first-order chi connectivity index (χ1) is 18.6. The summed E-state index contributed by atoms with van der Waals surface area (Å²) in [5.74, 6) is 2.31. The molecule has 1 N–H and O–H groups in total. The third kappa shape index (κ3) is 7.78. The SMILES string of the molecule is CCCCCCc1c(CC)c(CC)cc(O)c1Oc1ccccc1.COc1cnnnc1-c1ccccc1. The van der Waals surface area contributed by atoms with E-state index in [1.165, 1.54) is 36.0 Å². The lowest BCUT2D eigenvalue weighted by atomic mass is 9.92. The standard InChI is InChI=1S/C22H30O2.C10H9N3O/c1-4-7-8-12-15-20-19(6-3)17(5-2)16-21(23)22(20)24-18-13-10-9-11-14-18;1-14-9-7-11-13-12-10(9)8-5-3-2-4-6-8/h9-11,13-14,16,23H,4-8,12,15H2,1-3H3;2-7H,1H3. The van der Waals surface area contributed by atoms with Crippen molar-refractivity contribution in [1.29, 1.82) is 0 Å². The fraction of sp³-hybridized carbons (Fsp3) is 0.344. The summed E-state index contributed by atoms with van der Waals surface area (Å²) in [6.45, 7) is 6.56. The summed E-state index contributed by atoms with van der Waals surface area (Å²) in [5, 5.41) is 21.7. The second-order valence-electron chi connectivity index (χ2n) is 8.99. The Labute approximate surface area is 226 Å². The average Bonchev–Trinajstić information content (AvgIpc) is 2.98. The van der Waals surface area contributed by atoms with Crippen molar-refractivity contribution in [2.24, 2.45) is 0 Å². The normalized spacial score (nSPS) is 10.4. The van der Waals surface area contributed by atoms with E-state index in [4.69, 9.17) is 9.47 Å². The van der Waals surface area contributed by atoms with Gasteiger partial charge in [0.1, 0.15) is 11.4 Å². The molecule has 0 unspecified atom stereocenters. The number of aryl methyl sites for hydroxylation is 1. The van der Waals surface area contributed by atoms with Gasteiger partial charge in [-0.15, -0.1) is 10.2 Å². The second kappa shape index (κ2) is 15.4. The molecule has 200 valence electrons. The number of para-hydroxylation sites is 1. The molecule has 0 atom stereocenters. The van der Waals surface area contributed by atoms with Gasteiger partial charge in [-0.05, 0) is 60.2 Å². The van der Waals surface area contributed by atoms with Crippen molar-refractivity contribution in [1.82, 2.24) is 15.4 Å². The number of nitrogens with zero attached hydrogens (tertiary/aromatic N) is 3. The number of rotatable bonds is 11. The Morgan fingerprint density at radius 2 is 1.53 bits per heavy atom. The van der Waals surface area contributed by atoms with Gasteiger partial charge in [0.25, 0.3) is 0 Å². The minimum Gasteiger partial charge on any atom is -0.504 e. The van der Waals surface area contributed by atoms with E-state index in [9.17, 15) is 5.11 Å². The molecule has 6 nitrogen and oxygen atoms in total. The molecule has 0 amide bonds. The highest BCUT2D eigenvalue weighted by atomic mass is 16.5. The zero-order valence-corrected chi connectivity index (χ0v) is 23.0. The van der Waals surface area contributed by atoms with Crippen molar-refractivity contribution in [2.75, 3.05) is 7.11 Å². The van der Waals surface area contributed by atoms with Gasteiger partial charge in [-0.3, -0.25) is 0 Å². The number of hydrogen-bond acceptors (Lipinski definition) is 6. The number of phenols is 1. The molecule has 0 fully saturated rings. The molecule has 1 aromatic heterocycles. The molecule has 0 radical (unpaired) electrons. The maximum absolute atomic E-state index is 10.6. The van der Waals surface area contributed by atoms with E-state index >= 15 is 0 Å². The van der Waals surface area contributed by atoms with Gasteiger partial charge in [-0.1, -0.05) is 88.6 Å². The molecule has 0 aliphatic rings. The Balaban J connectivity index is 0.000000241. The Morgan fingerprint density at radius 3 is 2.16 bits per heavy atom. The Morgan fingerprint density at radius 1 is 0.816 bits per heavy atom. The molecule has 0 aliphatic heterocycles. The molecule has 4 aromatic rings. The molecule has 0 aliphatic carbocycles. The summed E-state index contributed by atoms with van der Waals surface area (Å²) in [4.78, 5) is 0. The molecule has 0 spiro atoms. The number of benzene rings is 3. The van der Waals surface area contributed by atoms with E-state index in [0.717, 1.165) is 37.0 Å². The van der Waals surface area contributed by atoms with Crippen molar-refractivity contribution in [2.45, 2.75) is 65.7 Å². The third-order valence-electron chi connectivity index (χ3n) is 6.42. The molecule has 0 bridgehead atoms. The molecule has 0 saturated carbocycles. The maximum atomic E-state index is 10.6. The zero-order valence-electron chi connectivity index (χ0n) is 23.0. The highest BCUT2D eigenvalue weighted by Crippen LogP contribution is 2.39. The number of aromatic nitrogens is 3.